The molecular formula is C29H24ClF3N6O3S2. The molecule has 2 heterocycles. The molecule has 0 aliphatic carbocycles. The predicted octanol–water partition coefficient (Wildman–Crippen LogP) is 7.05. The number of nitrogens with zero attached hydrogens (tertiary/aromatic N) is 5. The van der Waals surface area contributed by atoms with Crippen molar-refractivity contribution in [1.82, 2.24) is 20.2 Å². The van der Waals surface area contributed by atoms with Crippen LogP contribution in [-0.2, 0) is 16.2 Å². The van der Waals surface area contributed by atoms with Gasteiger partial charge in [0.2, 0.25) is 11.0 Å². The molecule has 1 aromatic heterocycles. The predicted molar refractivity (Wildman–Crippen MR) is 167 cm³/mol. The molecule has 1 amide bonds. The molecule has 0 atom stereocenters. The van der Waals surface area contributed by atoms with Gasteiger partial charge in [-0.25, -0.2) is 15.1 Å². The van der Waals surface area contributed by atoms with Gasteiger partial charge in [-0.3, -0.25) is 14.5 Å². The molecule has 0 radical (unpaired) electrons. The number of amidine groups is 1. The van der Waals surface area contributed by atoms with Gasteiger partial charge in [0.05, 0.1) is 23.7 Å². The van der Waals surface area contributed by atoms with Gasteiger partial charge in [-0.2, -0.15) is 4.99 Å². The maximum Gasteiger partial charge on any atom is 0.573 e. The van der Waals surface area contributed by atoms with Crippen LogP contribution in [0.3, 0.4) is 0 Å². The molecule has 0 unspecified atom stereocenters. The van der Waals surface area contributed by atoms with Gasteiger partial charge in [-0.1, -0.05) is 67.5 Å². The number of carbonyl (C=O) groups excluding carboxylic acids is 1. The number of benzene rings is 3. The Morgan fingerprint density at radius 3 is 2.55 bits per heavy atom. The number of hydrogen-bond acceptors (Lipinski definition) is 7. The molecule has 1 saturated heterocycles. The Labute approximate surface area is 265 Å². The highest BCUT2D eigenvalue weighted by Gasteiger charge is 2.32. The molecule has 0 saturated carbocycles. The van der Waals surface area contributed by atoms with Crippen molar-refractivity contribution in [2.24, 2.45) is 4.99 Å². The van der Waals surface area contributed by atoms with Gasteiger partial charge in [0.1, 0.15) is 12.1 Å². The van der Waals surface area contributed by atoms with Gasteiger partial charge in [-0.05, 0) is 65.7 Å². The number of hydroxylamine groups is 1. The summed E-state index contributed by atoms with van der Waals surface area (Å²) in [7, 11) is 0. The van der Waals surface area contributed by atoms with Crippen molar-refractivity contribution in [2.75, 3.05) is 10.7 Å². The Balaban J connectivity index is 1.17. The summed E-state index contributed by atoms with van der Waals surface area (Å²) in [5.41, 5.74) is 6.36. The topological polar surface area (TPSA) is 93.9 Å². The number of halogens is 4. The van der Waals surface area contributed by atoms with Crippen LogP contribution >= 0.6 is 35.6 Å². The van der Waals surface area contributed by atoms with E-state index in [-0.39, 0.29) is 35.0 Å². The molecular weight excluding hydrogens is 637 g/mol. The lowest BCUT2D eigenvalue weighted by atomic mass is 10.0. The lowest BCUT2D eigenvalue weighted by Crippen LogP contribution is -2.32. The summed E-state index contributed by atoms with van der Waals surface area (Å²) in [6.45, 7) is 4.24. The first-order valence-corrected chi connectivity index (χ1v) is 14.9. The number of thiocarbonyl (C=S) groups is 1. The SMILES string of the molecule is CC(C)c1ccc(Cl)cc1N1C(=O)CS/C1=N\C(=S)NOCc1ccc(-c2ncn(-c3ccc(OC(F)(F)F)cc3)n2)cc1. The standard InChI is InChI=1S/C29H24ClF3N6O3S2/c1-17(2)23-12-7-20(30)13-24(23)39-25(40)15-44-28(39)35-27(43)37-41-14-18-3-5-19(6-4-18)26-34-16-38(36-26)21-8-10-22(11-9-21)42-29(31,32)33/h3-13,16-17H,14-15H2,1-2H3,(H,37,43)/b35-28-. The second-order valence-corrected chi connectivity index (χ2v) is 11.5. The van der Waals surface area contributed by atoms with Crippen molar-refractivity contribution < 1.29 is 27.5 Å². The number of alkyl halides is 3. The first kappa shape index (κ1) is 31.4. The Morgan fingerprint density at radius 2 is 1.86 bits per heavy atom. The van der Waals surface area contributed by atoms with E-state index in [1.165, 1.54) is 51.9 Å². The molecule has 0 bridgehead atoms. The quantitative estimate of drug-likeness (QED) is 0.159. The van der Waals surface area contributed by atoms with Crippen LogP contribution in [0.2, 0.25) is 5.02 Å². The van der Waals surface area contributed by atoms with Crippen molar-refractivity contribution >= 4 is 57.5 Å². The van der Waals surface area contributed by atoms with Crippen molar-refractivity contribution in [3.8, 4) is 22.8 Å². The maximum atomic E-state index is 12.7. The lowest BCUT2D eigenvalue weighted by Gasteiger charge is -2.22. The van der Waals surface area contributed by atoms with Crippen LogP contribution in [0.1, 0.15) is 30.9 Å². The number of rotatable bonds is 8. The Kier molecular flexibility index (Phi) is 9.53. The van der Waals surface area contributed by atoms with Gasteiger partial charge in [0.25, 0.3) is 0 Å². The molecule has 228 valence electrons. The molecule has 5 rings (SSSR count). The third-order valence-corrected chi connectivity index (χ3v) is 7.59. The third-order valence-electron chi connectivity index (χ3n) is 6.26. The minimum Gasteiger partial charge on any atom is -0.406 e. The molecule has 3 aromatic carbocycles. The zero-order valence-corrected chi connectivity index (χ0v) is 25.6. The maximum absolute atomic E-state index is 12.7. The van der Waals surface area contributed by atoms with Crippen LogP contribution < -0.4 is 15.1 Å². The smallest absolute Gasteiger partial charge is 0.406 e. The lowest BCUT2D eigenvalue weighted by molar-refractivity contribution is -0.274. The minimum atomic E-state index is -4.76. The summed E-state index contributed by atoms with van der Waals surface area (Å²) < 4.78 is 42.5. The van der Waals surface area contributed by atoms with E-state index in [4.69, 9.17) is 28.7 Å². The summed E-state index contributed by atoms with van der Waals surface area (Å²) >= 11 is 12.9. The van der Waals surface area contributed by atoms with E-state index < -0.39 is 6.36 Å². The van der Waals surface area contributed by atoms with Crippen LogP contribution in [-0.4, -0.2) is 43.1 Å². The highest BCUT2D eigenvalue weighted by Crippen LogP contribution is 2.35. The van der Waals surface area contributed by atoms with E-state index >= 15 is 0 Å². The summed E-state index contributed by atoms with van der Waals surface area (Å²) in [5, 5.41) is 5.41. The molecule has 1 fully saturated rings. The first-order valence-electron chi connectivity index (χ1n) is 13.1. The molecule has 1 N–H and O–H groups in total. The normalized spacial score (nSPS) is 14.5. The molecule has 9 nitrogen and oxygen atoms in total. The fraction of sp³-hybridized carbons (Fsp3) is 0.207. The molecule has 15 heteroatoms. The molecule has 44 heavy (non-hydrogen) atoms. The number of thioether (sulfide) groups is 1. The van der Waals surface area contributed by atoms with Crippen LogP contribution in [0.4, 0.5) is 18.9 Å². The number of aromatic nitrogens is 3. The molecule has 0 spiro atoms. The Morgan fingerprint density at radius 1 is 1.14 bits per heavy atom. The fourth-order valence-corrected chi connectivity index (χ4v) is 5.48. The summed E-state index contributed by atoms with van der Waals surface area (Å²) in [5.74, 6) is 0.380. The number of ether oxygens (including phenoxy) is 1. The summed E-state index contributed by atoms with van der Waals surface area (Å²) in [4.78, 5) is 28.5. The van der Waals surface area contributed by atoms with E-state index in [9.17, 15) is 18.0 Å². The summed E-state index contributed by atoms with van der Waals surface area (Å²) in [6, 6.07) is 18.0. The largest absolute Gasteiger partial charge is 0.573 e. The van der Waals surface area contributed by atoms with E-state index in [2.05, 4.69) is 25.3 Å². The fourth-order valence-electron chi connectivity index (χ4n) is 4.24. The highest BCUT2D eigenvalue weighted by atomic mass is 35.5. The van der Waals surface area contributed by atoms with Crippen LogP contribution in [0.25, 0.3) is 17.1 Å². The van der Waals surface area contributed by atoms with Crippen molar-refractivity contribution in [2.45, 2.75) is 32.7 Å². The minimum absolute atomic E-state index is 0.0599. The molecule has 1 aliphatic heterocycles. The zero-order valence-electron chi connectivity index (χ0n) is 23.2. The number of aliphatic imine (C=N–C) groups is 1. The number of anilines is 1. The van der Waals surface area contributed by atoms with Crippen LogP contribution in [0.15, 0.2) is 78.0 Å². The average Bonchev–Trinajstić information content (AvgIpc) is 3.60. The molecule has 1 aliphatic rings. The monoisotopic (exact) mass is 660 g/mol. The summed E-state index contributed by atoms with van der Waals surface area (Å²) in [6.07, 6.45) is -3.30. The van der Waals surface area contributed by atoms with Crippen LogP contribution in [0, 0.1) is 0 Å². The second kappa shape index (κ2) is 13.3. The van der Waals surface area contributed by atoms with Crippen molar-refractivity contribution in [1.29, 1.82) is 0 Å². The number of amides is 1. The molecule has 4 aromatic rings. The van der Waals surface area contributed by atoms with E-state index in [0.717, 1.165) is 16.7 Å². The highest BCUT2D eigenvalue weighted by molar-refractivity contribution is 8.15. The number of nitrogens with one attached hydrogen (secondary N) is 1. The van der Waals surface area contributed by atoms with Gasteiger partial charge in [0, 0.05) is 10.6 Å². The average molecular weight is 661 g/mol. The van der Waals surface area contributed by atoms with Gasteiger partial charge >= 0.3 is 6.36 Å². The van der Waals surface area contributed by atoms with Crippen LogP contribution in [0.5, 0.6) is 5.75 Å². The number of hydrogen-bond donors (Lipinski definition) is 1. The van der Waals surface area contributed by atoms with Gasteiger partial charge in [0.15, 0.2) is 11.0 Å². The number of carbonyl (C=O) groups is 1. The van der Waals surface area contributed by atoms with E-state index in [1.54, 1.807) is 12.1 Å². The van der Waals surface area contributed by atoms with E-state index in [1.807, 2.05) is 44.2 Å². The third kappa shape index (κ3) is 7.75. The van der Waals surface area contributed by atoms with Crippen molar-refractivity contribution in [3.05, 3.63) is 89.2 Å². The van der Waals surface area contributed by atoms with E-state index in [0.29, 0.717) is 27.4 Å². The Bertz CT molecular complexity index is 1700. The van der Waals surface area contributed by atoms with Crippen molar-refractivity contribution in [3.63, 3.8) is 0 Å². The van der Waals surface area contributed by atoms with Gasteiger partial charge < -0.3 is 4.74 Å². The second-order valence-electron chi connectivity index (χ2n) is 9.72. The van der Waals surface area contributed by atoms with Gasteiger partial charge in [-0.15, -0.1) is 18.3 Å². The first-order chi connectivity index (χ1) is 21.0. The Hall–Kier alpha value is -3.98. The zero-order chi connectivity index (χ0) is 31.4.